The summed E-state index contributed by atoms with van der Waals surface area (Å²) in [6.07, 6.45) is 8.41. The number of anilines is 2. The number of thiophene rings is 1. The third-order valence-corrected chi connectivity index (χ3v) is 7.63. The first-order chi connectivity index (χ1) is 15.0. The average Bonchev–Trinajstić information content (AvgIpc) is 3.09. The van der Waals surface area contributed by atoms with Gasteiger partial charge in [0.05, 0.1) is 11.4 Å². The van der Waals surface area contributed by atoms with E-state index in [2.05, 4.69) is 39.2 Å². The average molecular weight is 436 g/mol. The number of carbonyl (C=O) groups is 1. The highest BCUT2D eigenvalue weighted by atomic mass is 32.1. The molecule has 1 fully saturated rings. The van der Waals surface area contributed by atoms with Gasteiger partial charge in [-0.3, -0.25) is 4.79 Å². The van der Waals surface area contributed by atoms with Crippen molar-refractivity contribution in [3.63, 3.8) is 0 Å². The number of aromatic nitrogens is 2. The predicted molar refractivity (Wildman–Crippen MR) is 127 cm³/mol. The number of rotatable bonds is 3. The van der Waals surface area contributed by atoms with Gasteiger partial charge in [0.2, 0.25) is 0 Å². The van der Waals surface area contributed by atoms with E-state index in [4.69, 9.17) is 5.73 Å². The first-order valence-electron chi connectivity index (χ1n) is 11.2. The molecule has 1 aromatic carbocycles. The van der Waals surface area contributed by atoms with Crippen LogP contribution in [0.2, 0.25) is 0 Å². The van der Waals surface area contributed by atoms with Crippen LogP contribution in [0, 0.1) is 13.8 Å². The molecule has 2 aromatic heterocycles. The third-order valence-electron chi connectivity index (χ3n) is 6.54. The molecule has 31 heavy (non-hydrogen) atoms. The summed E-state index contributed by atoms with van der Waals surface area (Å²) in [6, 6.07) is 4.85. The standard InChI is InChI=1S/C24H29N5OS/c1-14-10-17-11-18(7-6-16(17)12-19(14)29-8-4-3-5-9-29)28-23(30)22-20(25)21-24(31-22)27-15(2)13-26-21/h10,12-13,18H,3-9,11,25H2,1-2H3,(H,28,30)/t18-/m1/s1. The molecule has 7 heteroatoms. The number of hydrogen-bond donors (Lipinski definition) is 2. The van der Waals surface area contributed by atoms with Gasteiger partial charge in [0.1, 0.15) is 15.2 Å². The molecule has 162 valence electrons. The highest BCUT2D eigenvalue weighted by molar-refractivity contribution is 7.21. The fourth-order valence-corrected chi connectivity index (χ4v) is 5.91. The quantitative estimate of drug-likeness (QED) is 0.645. The SMILES string of the molecule is Cc1cnc2c(N)c(C(=O)N[C@@H]3CCc4cc(N5CCCCC5)c(C)cc4C3)sc2n1. The Kier molecular flexibility index (Phi) is 5.30. The molecule has 1 atom stereocenters. The predicted octanol–water partition coefficient (Wildman–Crippen LogP) is 4.17. The summed E-state index contributed by atoms with van der Waals surface area (Å²) < 4.78 is 0. The smallest absolute Gasteiger partial charge is 0.263 e. The topological polar surface area (TPSA) is 84.1 Å². The molecule has 0 saturated carbocycles. The molecule has 5 rings (SSSR count). The van der Waals surface area contributed by atoms with Gasteiger partial charge in [-0.1, -0.05) is 6.07 Å². The zero-order valence-corrected chi connectivity index (χ0v) is 19.0. The van der Waals surface area contributed by atoms with E-state index in [0.29, 0.717) is 16.1 Å². The molecule has 1 amide bonds. The molecule has 1 saturated heterocycles. The van der Waals surface area contributed by atoms with E-state index in [-0.39, 0.29) is 11.9 Å². The van der Waals surface area contributed by atoms with Crippen molar-refractivity contribution in [3.05, 3.63) is 45.6 Å². The van der Waals surface area contributed by atoms with Gasteiger partial charge in [0.15, 0.2) is 0 Å². The monoisotopic (exact) mass is 435 g/mol. The van der Waals surface area contributed by atoms with E-state index in [0.717, 1.165) is 42.9 Å². The van der Waals surface area contributed by atoms with Crippen molar-refractivity contribution >= 4 is 39.0 Å². The lowest BCUT2D eigenvalue weighted by atomic mass is 9.86. The number of aryl methyl sites for hydroxylation is 3. The number of fused-ring (bicyclic) bond motifs is 2. The molecule has 3 aromatic rings. The fourth-order valence-electron chi connectivity index (χ4n) is 4.91. The van der Waals surface area contributed by atoms with Crippen molar-refractivity contribution in [1.29, 1.82) is 0 Å². The molecule has 3 heterocycles. The molecular weight excluding hydrogens is 406 g/mol. The second-order valence-corrected chi connectivity index (χ2v) is 9.88. The van der Waals surface area contributed by atoms with Crippen LogP contribution in [-0.4, -0.2) is 35.0 Å². The third kappa shape index (κ3) is 3.87. The zero-order chi connectivity index (χ0) is 21.5. The van der Waals surface area contributed by atoms with Gasteiger partial charge in [0.25, 0.3) is 5.91 Å². The lowest BCUT2D eigenvalue weighted by Gasteiger charge is -2.33. The van der Waals surface area contributed by atoms with E-state index in [9.17, 15) is 4.79 Å². The number of benzene rings is 1. The first kappa shape index (κ1) is 20.2. The molecular formula is C24H29N5OS. The highest BCUT2D eigenvalue weighted by Gasteiger charge is 2.25. The number of piperidine rings is 1. The summed E-state index contributed by atoms with van der Waals surface area (Å²) in [5.41, 5.74) is 13.6. The summed E-state index contributed by atoms with van der Waals surface area (Å²) in [4.78, 5) is 25.6. The number of amides is 1. The molecule has 0 spiro atoms. The summed E-state index contributed by atoms with van der Waals surface area (Å²) in [6.45, 7) is 6.43. The number of hydrogen-bond acceptors (Lipinski definition) is 6. The van der Waals surface area contributed by atoms with Crippen LogP contribution in [0.5, 0.6) is 0 Å². The van der Waals surface area contributed by atoms with Crippen molar-refractivity contribution in [3.8, 4) is 0 Å². The molecule has 0 radical (unpaired) electrons. The van der Waals surface area contributed by atoms with Gasteiger partial charge >= 0.3 is 0 Å². The van der Waals surface area contributed by atoms with E-state index in [1.165, 1.54) is 53.0 Å². The minimum absolute atomic E-state index is 0.116. The van der Waals surface area contributed by atoms with Crippen LogP contribution in [-0.2, 0) is 12.8 Å². The van der Waals surface area contributed by atoms with Gasteiger partial charge in [0, 0.05) is 31.0 Å². The summed E-state index contributed by atoms with van der Waals surface area (Å²) in [7, 11) is 0. The lowest BCUT2D eigenvalue weighted by Crippen LogP contribution is -2.39. The molecule has 0 unspecified atom stereocenters. The summed E-state index contributed by atoms with van der Waals surface area (Å²) in [5, 5.41) is 3.22. The minimum atomic E-state index is -0.116. The Morgan fingerprint density at radius 2 is 2.00 bits per heavy atom. The van der Waals surface area contributed by atoms with Crippen LogP contribution in [0.1, 0.15) is 57.7 Å². The van der Waals surface area contributed by atoms with E-state index < -0.39 is 0 Å². The van der Waals surface area contributed by atoms with Crippen molar-refractivity contribution in [1.82, 2.24) is 15.3 Å². The number of nitrogens with two attached hydrogens (primary N) is 1. The maximum absolute atomic E-state index is 13.0. The Bertz CT molecular complexity index is 1150. The summed E-state index contributed by atoms with van der Waals surface area (Å²) in [5.74, 6) is -0.116. The van der Waals surface area contributed by atoms with Crippen LogP contribution in [0.3, 0.4) is 0 Å². The molecule has 1 aliphatic carbocycles. The van der Waals surface area contributed by atoms with Gasteiger partial charge in [-0.25, -0.2) is 9.97 Å². The van der Waals surface area contributed by atoms with Gasteiger partial charge in [-0.05, 0) is 75.1 Å². The largest absolute Gasteiger partial charge is 0.396 e. The van der Waals surface area contributed by atoms with Gasteiger partial charge in [-0.2, -0.15) is 0 Å². The molecule has 2 aliphatic rings. The number of carbonyl (C=O) groups excluding carboxylic acids is 1. The van der Waals surface area contributed by atoms with Crippen molar-refractivity contribution in [2.45, 2.75) is 58.4 Å². The van der Waals surface area contributed by atoms with E-state index in [1.807, 2.05) is 6.92 Å². The van der Waals surface area contributed by atoms with Crippen LogP contribution < -0.4 is 16.0 Å². The van der Waals surface area contributed by atoms with Crippen molar-refractivity contribution in [2.75, 3.05) is 23.7 Å². The Balaban J connectivity index is 1.32. The Labute approximate surface area is 186 Å². The van der Waals surface area contributed by atoms with Crippen LogP contribution in [0.15, 0.2) is 18.3 Å². The molecule has 3 N–H and O–H groups in total. The minimum Gasteiger partial charge on any atom is -0.396 e. The zero-order valence-electron chi connectivity index (χ0n) is 18.2. The Morgan fingerprint density at radius 3 is 2.81 bits per heavy atom. The first-order valence-corrected chi connectivity index (χ1v) is 12.0. The van der Waals surface area contributed by atoms with Crippen LogP contribution in [0.4, 0.5) is 11.4 Å². The Morgan fingerprint density at radius 1 is 1.19 bits per heavy atom. The second-order valence-electron chi connectivity index (χ2n) is 8.88. The van der Waals surface area contributed by atoms with E-state index >= 15 is 0 Å². The maximum Gasteiger partial charge on any atom is 0.263 e. The van der Waals surface area contributed by atoms with E-state index in [1.54, 1.807) is 6.20 Å². The fraction of sp³-hybridized carbons (Fsp3) is 0.458. The normalized spacial score (nSPS) is 18.8. The lowest BCUT2D eigenvalue weighted by molar-refractivity contribution is 0.0938. The molecule has 1 aliphatic heterocycles. The van der Waals surface area contributed by atoms with Crippen LogP contribution in [0.25, 0.3) is 10.3 Å². The maximum atomic E-state index is 13.0. The number of nitrogens with one attached hydrogen (secondary N) is 1. The highest BCUT2D eigenvalue weighted by Crippen LogP contribution is 2.33. The van der Waals surface area contributed by atoms with Gasteiger partial charge < -0.3 is 16.0 Å². The van der Waals surface area contributed by atoms with Crippen molar-refractivity contribution < 1.29 is 4.79 Å². The number of nitrogen functional groups attached to an aromatic ring is 1. The second kappa shape index (κ2) is 8.11. The molecule has 6 nitrogen and oxygen atoms in total. The van der Waals surface area contributed by atoms with Crippen LogP contribution >= 0.6 is 11.3 Å². The van der Waals surface area contributed by atoms with Crippen molar-refractivity contribution in [2.24, 2.45) is 0 Å². The molecule has 0 bridgehead atoms. The Hall–Kier alpha value is -2.67. The van der Waals surface area contributed by atoms with Gasteiger partial charge in [-0.15, -0.1) is 11.3 Å². The summed E-state index contributed by atoms with van der Waals surface area (Å²) >= 11 is 1.32. The number of nitrogens with zero attached hydrogens (tertiary/aromatic N) is 3.